The van der Waals surface area contributed by atoms with Crippen LogP contribution in [-0.4, -0.2) is 36.1 Å². The van der Waals surface area contributed by atoms with E-state index in [4.69, 9.17) is 0 Å². The van der Waals surface area contributed by atoms with Crippen molar-refractivity contribution in [1.82, 2.24) is 15.2 Å². The average Bonchev–Trinajstić information content (AvgIpc) is 2.74. The molecule has 2 rings (SSSR count). The number of hydrogen-bond acceptors (Lipinski definition) is 4. The molecule has 0 bridgehead atoms. The van der Waals surface area contributed by atoms with Crippen LogP contribution in [0.3, 0.4) is 0 Å². The Bertz CT molecular complexity index is 323. The van der Waals surface area contributed by atoms with Crippen LogP contribution in [0.5, 0.6) is 0 Å². The van der Waals surface area contributed by atoms with Gasteiger partial charge in [0.2, 0.25) is 0 Å². The molecule has 0 saturated carbocycles. The van der Waals surface area contributed by atoms with Crippen LogP contribution in [0, 0.1) is 0 Å². The molecule has 3 nitrogen and oxygen atoms in total. The summed E-state index contributed by atoms with van der Waals surface area (Å²) in [5, 5.41) is 4.66. The lowest BCUT2D eigenvalue weighted by molar-refractivity contribution is 0.164. The monoisotopic (exact) mass is 303 g/mol. The third-order valence-corrected chi connectivity index (χ3v) is 4.51. The second-order valence-corrected chi connectivity index (χ2v) is 6.53. The largest absolute Gasteiger partial charge is 0.314 e. The number of piperazine rings is 1. The van der Waals surface area contributed by atoms with E-state index in [9.17, 15) is 0 Å². The van der Waals surface area contributed by atoms with Gasteiger partial charge < -0.3 is 5.32 Å². The van der Waals surface area contributed by atoms with Gasteiger partial charge in [0.05, 0.1) is 16.0 Å². The Kier molecular flexibility index (Phi) is 4.76. The predicted octanol–water partition coefficient (Wildman–Crippen LogP) is 2.65. The van der Waals surface area contributed by atoms with Crippen LogP contribution in [0.2, 0.25) is 0 Å². The summed E-state index contributed by atoms with van der Waals surface area (Å²) < 4.78 is 1.14. The van der Waals surface area contributed by atoms with Crippen molar-refractivity contribution in [2.45, 2.75) is 25.8 Å². The van der Waals surface area contributed by atoms with Gasteiger partial charge in [0, 0.05) is 26.2 Å². The molecule has 0 radical (unpaired) electrons. The van der Waals surface area contributed by atoms with Crippen molar-refractivity contribution in [3.05, 3.63) is 15.0 Å². The lowest BCUT2D eigenvalue weighted by Crippen LogP contribution is -2.45. The van der Waals surface area contributed by atoms with Crippen molar-refractivity contribution in [2.75, 3.05) is 26.2 Å². The number of nitrogens with zero attached hydrogens (tertiary/aromatic N) is 2. The number of halogens is 1. The molecular weight excluding hydrogens is 286 g/mol. The smallest absolute Gasteiger partial charge is 0.111 e. The minimum absolute atomic E-state index is 0.517. The van der Waals surface area contributed by atoms with Crippen LogP contribution in [0.4, 0.5) is 0 Å². The molecule has 1 N–H and O–H groups in total. The molecule has 1 unspecified atom stereocenters. The van der Waals surface area contributed by atoms with Gasteiger partial charge in [-0.1, -0.05) is 13.3 Å². The molecule has 5 heteroatoms. The van der Waals surface area contributed by atoms with Crippen LogP contribution in [0.15, 0.2) is 9.98 Å². The summed E-state index contributed by atoms with van der Waals surface area (Å²) in [7, 11) is 0. The summed E-state index contributed by atoms with van der Waals surface area (Å²) >= 11 is 5.27. The zero-order chi connectivity index (χ0) is 11.4. The standard InChI is InChI=1S/C11H18BrN3S/c1-2-3-9(11-14-8-10(12)16-11)15-6-4-13-5-7-15/h8-9,13H,2-7H2,1H3. The summed E-state index contributed by atoms with van der Waals surface area (Å²) in [6.45, 7) is 6.74. The number of aromatic nitrogens is 1. The Balaban J connectivity index is 2.09. The van der Waals surface area contributed by atoms with Gasteiger partial charge in [-0.2, -0.15) is 0 Å². The molecule has 1 aliphatic rings. The van der Waals surface area contributed by atoms with Gasteiger partial charge in [-0.05, 0) is 22.4 Å². The average molecular weight is 304 g/mol. The summed E-state index contributed by atoms with van der Waals surface area (Å²) in [6, 6.07) is 0.517. The van der Waals surface area contributed by atoms with Crippen molar-refractivity contribution in [3.63, 3.8) is 0 Å². The first-order chi connectivity index (χ1) is 7.81. The first kappa shape index (κ1) is 12.5. The van der Waals surface area contributed by atoms with Crippen molar-refractivity contribution in [3.8, 4) is 0 Å². The molecule has 0 aliphatic carbocycles. The normalized spacial score (nSPS) is 19.9. The molecule has 1 saturated heterocycles. The maximum atomic E-state index is 4.52. The summed E-state index contributed by atoms with van der Waals surface area (Å²) in [5.74, 6) is 0. The maximum Gasteiger partial charge on any atom is 0.111 e. The molecule has 90 valence electrons. The lowest BCUT2D eigenvalue weighted by atomic mass is 10.1. The highest BCUT2D eigenvalue weighted by molar-refractivity contribution is 9.11. The van der Waals surface area contributed by atoms with E-state index in [-0.39, 0.29) is 0 Å². The maximum absolute atomic E-state index is 4.52. The number of hydrogen-bond donors (Lipinski definition) is 1. The second kappa shape index (κ2) is 6.10. The Labute approximate surface area is 109 Å². The third-order valence-electron chi connectivity index (χ3n) is 2.93. The predicted molar refractivity (Wildman–Crippen MR) is 71.9 cm³/mol. The Hall–Kier alpha value is 0.0300. The molecule has 1 aliphatic heterocycles. The zero-order valence-electron chi connectivity index (χ0n) is 9.58. The molecule has 0 spiro atoms. The van der Waals surface area contributed by atoms with E-state index in [1.807, 2.05) is 6.20 Å². The van der Waals surface area contributed by atoms with E-state index in [1.165, 1.54) is 17.8 Å². The van der Waals surface area contributed by atoms with Crippen LogP contribution in [0.1, 0.15) is 30.8 Å². The van der Waals surface area contributed by atoms with Gasteiger partial charge in [-0.25, -0.2) is 4.98 Å². The third kappa shape index (κ3) is 3.03. The summed E-state index contributed by atoms with van der Waals surface area (Å²) in [4.78, 5) is 7.08. The summed E-state index contributed by atoms with van der Waals surface area (Å²) in [5.41, 5.74) is 0. The van der Waals surface area contributed by atoms with Crippen molar-refractivity contribution in [1.29, 1.82) is 0 Å². The second-order valence-electron chi connectivity index (χ2n) is 4.09. The van der Waals surface area contributed by atoms with Crippen LogP contribution < -0.4 is 5.32 Å². The molecule has 16 heavy (non-hydrogen) atoms. The summed E-state index contributed by atoms with van der Waals surface area (Å²) in [6.07, 6.45) is 4.34. The quantitative estimate of drug-likeness (QED) is 0.927. The molecule has 0 amide bonds. The highest BCUT2D eigenvalue weighted by Gasteiger charge is 2.23. The van der Waals surface area contributed by atoms with Crippen molar-refractivity contribution >= 4 is 27.3 Å². The van der Waals surface area contributed by atoms with Gasteiger partial charge in [-0.15, -0.1) is 11.3 Å². The van der Waals surface area contributed by atoms with Gasteiger partial charge in [-0.3, -0.25) is 4.90 Å². The van der Waals surface area contributed by atoms with Gasteiger partial charge >= 0.3 is 0 Å². The van der Waals surface area contributed by atoms with Crippen LogP contribution in [-0.2, 0) is 0 Å². The fraction of sp³-hybridized carbons (Fsp3) is 0.727. The van der Waals surface area contributed by atoms with Crippen LogP contribution in [0.25, 0.3) is 0 Å². The first-order valence-electron chi connectivity index (χ1n) is 5.87. The van der Waals surface area contributed by atoms with Gasteiger partial charge in [0.25, 0.3) is 0 Å². The van der Waals surface area contributed by atoms with Crippen LogP contribution >= 0.6 is 27.3 Å². The molecule has 1 atom stereocenters. The van der Waals surface area contributed by atoms with E-state index < -0.39 is 0 Å². The highest BCUT2D eigenvalue weighted by Crippen LogP contribution is 2.31. The lowest BCUT2D eigenvalue weighted by Gasteiger charge is -2.33. The number of thiazole rings is 1. The molecule has 0 aromatic carbocycles. The molecule has 1 aromatic rings. The molecule has 1 aromatic heterocycles. The van der Waals surface area contributed by atoms with Gasteiger partial charge in [0.1, 0.15) is 5.01 Å². The molecule has 1 fully saturated rings. The van der Waals surface area contributed by atoms with E-state index >= 15 is 0 Å². The molecule has 2 heterocycles. The zero-order valence-corrected chi connectivity index (χ0v) is 12.0. The Morgan fingerprint density at radius 3 is 2.88 bits per heavy atom. The van der Waals surface area contributed by atoms with Crippen molar-refractivity contribution in [2.24, 2.45) is 0 Å². The Morgan fingerprint density at radius 2 is 2.31 bits per heavy atom. The molecular formula is C11H18BrN3S. The van der Waals surface area contributed by atoms with Gasteiger partial charge in [0.15, 0.2) is 0 Å². The SMILES string of the molecule is CCCC(c1ncc(Br)s1)N1CCNCC1. The fourth-order valence-electron chi connectivity index (χ4n) is 2.15. The Morgan fingerprint density at radius 1 is 1.56 bits per heavy atom. The van der Waals surface area contributed by atoms with E-state index in [1.54, 1.807) is 11.3 Å². The number of rotatable bonds is 4. The first-order valence-corrected chi connectivity index (χ1v) is 7.48. The number of nitrogens with one attached hydrogen (secondary N) is 1. The highest BCUT2D eigenvalue weighted by atomic mass is 79.9. The van der Waals surface area contributed by atoms with Crippen molar-refractivity contribution < 1.29 is 0 Å². The minimum atomic E-state index is 0.517. The van der Waals surface area contributed by atoms with E-state index in [2.05, 4.69) is 38.1 Å². The topological polar surface area (TPSA) is 28.2 Å². The van der Waals surface area contributed by atoms with E-state index in [0.29, 0.717) is 6.04 Å². The van der Waals surface area contributed by atoms with E-state index in [0.717, 1.165) is 30.0 Å². The minimum Gasteiger partial charge on any atom is -0.314 e. The fourth-order valence-corrected chi connectivity index (χ4v) is 3.56.